The molecule has 0 aliphatic heterocycles. The summed E-state index contributed by atoms with van der Waals surface area (Å²) in [5.74, 6) is 0. The minimum atomic E-state index is -2.19. The fourth-order valence-corrected chi connectivity index (χ4v) is 7.84. The fourth-order valence-electron chi connectivity index (χ4n) is 5.24. The lowest BCUT2D eigenvalue weighted by Gasteiger charge is -2.20. The van der Waals surface area contributed by atoms with Gasteiger partial charge in [0.2, 0.25) is 0 Å². The Morgan fingerprint density at radius 3 is 2.22 bits per heavy atom. The molecule has 6 rings (SSSR count). The molecule has 0 bridgehead atoms. The van der Waals surface area contributed by atoms with Gasteiger partial charge in [0.1, 0.15) is 11.2 Å². The molecule has 180 valence electrons. The van der Waals surface area contributed by atoms with Gasteiger partial charge in [-0.3, -0.25) is 4.98 Å². The van der Waals surface area contributed by atoms with E-state index in [4.69, 9.17) is 8.53 Å². The van der Waals surface area contributed by atoms with Crippen LogP contribution in [0.4, 0.5) is 0 Å². The van der Waals surface area contributed by atoms with Gasteiger partial charge in [0.05, 0.1) is 21.8 Å². The van der Waals surface area contributed by atoms with Crippen LogP contribution >= 0.6 is 0 Å². The van der Waals surface area contributed by atoms with Gasteiger partial charge in [0.15, 0.2) is 0 Å². The van der Waals surface area contributed by atoms with E-state index in [0.717, 1.165) is 38.4 Å². The molecule has 36 heavy (non-hydrogen) atoms. The van der Waals surface area contributed by atoms with Crippen molar-refractivity contribution in [1.29, 1.82) is 0 Å². The molecule has 0 atom stereocenters. The minimum Gasteiger partial charge on any atom is -0.455 e. The van der Waals surface area contributed by atoms with Crippen molar-refractivity contribution in [2.75, 3.05) is 0 Å². The van der Waals surface area contributed by atoms with E-state index in [-0.39, 0.29) is 0 Å². The van der Waals surface area contributed by atoms with Crippen LogP contribution in [-0.4, -0.2) is 21.1 Å². The maximum atomic E-state index is 8.05. The zero-order chi connectivity index (χ0) is 27.9. The van der Waals surface area contributed by atoms with Gasteiger partial charge in [-0.05, 0) is 58.2 Å². The lowest BCUT2D eigenvalue weighted by atomic mass is 9.99. The molecule has 0 saturated heterocycles. The Labute approximate surface area is 219 Å². The molecule has 0 N–H and O–H groups in total. The highest BCUT2D eigenvalue weighted by Gasteiger charge is 2.22. The average molecular weight is 507 g/mol. The summed E-state index contributed by atoms with van der Waals surface area (Å²) in [4.78, 5) is 4.64. The van der Waals surface area contributed by atoms with Gasteiger partial charge in [-0.1, -0.05) is 92.1 Å². The highest BCUT2D eigenvalue weighted by Crippen LogP contribution is 2.38. The lowest BCUT2D eigenvalue weighted by Crippen LogP contribution is -2.39. The van der Waals surface area contributed by atoms with E-state index in [1.807, 2.05) is 18.2 Å². The Bertz CT molecular complexity index is 1930. The Morgan fingerprint density at radius 2 is 1.47 bits per heavy atom. The van der Waals surface area contributed by atoms with E-state index < -0.39 is 23.0 Å². The standard InChI is InChI=1S/C32H33NOSi2/c1-20-19-33-29(18-31(20)36(5,6)7)25-10-8-9-24-28-15-22-12-11-21-13-14-23(35(2,3)4)16-26(21)27(22)17-30(28)34-32(24)25/h8-19H,1-7H3/i1D3. The number of aromatic nitrogens is 1. The highest BCUT2D eigenvalue weighted by atomic mass is 28.3. The monoisotopic (exact) mass is 506 g/mol. The summed E-state index contributed by atoms with van der Waals surface area (Å²) < 4.78 is 30.7. The van der Waals surface area contributed by atoms with Crippen LogP contribution in [-0.2, 0) is 0 Å². The quantitative estimate of drug-likeness (QED) is 0.178. The SMILES string of the molecule is [2H]C([2H])([2H])c1cnc(-c2cccc3c2oc2cc4c(ccc5ccc([Si](C)(C)C)cc54)cc23)cc1[Si](C)(C)C. The highest BCUT2D eigenvalue weighted by molar-refractivity contribution is 6.89. The van der Waals surface area contributed by atoms with Crippen LogP contribution in [0.3, 0.4) is 0 Å². The number of nitrogens with zero attached hydrogens (tertiary/aromatic N) is 1. The molecule has 0 spiro atoms. The number of fused-ring (bicyclic) bond motifs is 6. The number of hydrogen-bond donors (Lipinski definition) is 0. The first-order chi connectivity index (χ1) is 18.2. The molecular formula is C32H33NOSi2. The molecule has 6 aromatic rings. The third-order valence-corrected chi connectivity index (χ3v) is 11.4. The molecule has 2 heterocycles. The van der Waals surface area contributed by atoms with Crippen LogP contribution in [0.15, 0.2) is 77.3 Å². The average Bonchev–Trinajstić information content (AvgIpc) is 3.23. The summed E-state index contributed by atoms with van der Waals surface area (Å²) in [6, 6.07) is 23.9. The number of aryl methyl sites for hydroxylation is 1. The van der Waals surface area contributed by atoms with Crippen molar-refractivity contribution in [3.8, 4) is 11.3 Å². The van der Waals surface area contributed by atoms with Crippen LogP contribution < -0.4 is 10.4 Å². The van der Waals surface area contributed by atoms with Gasteiger partial charge in [0.25, 0.3) is 0 Å². The molecule has 0 unspecified atom stereocenters. The lowest BCUT2D eigenvalue weighted by molar-refractivity contribution is 0.670. The first-order valence-corrected chi connectivity index (χ1v) is 19.6. The summed E-state index contributed by atoms with van der Waals surface area (Å²) >= 11 is 0. The number of hydrogen-bond acceptors (Lipinski definition) is 2. The predicted molar refractivity (Wildman–Crippen MR) is 163 cm³/mol. The van der Waals surface area contributed by atoms with Gasteiger partial charge in [-0.25, -0.2) is 0 Å². The molecular weight excluding hydrogens is 471 g/mol. The molecule has 0 fully saturated rings. The van der Waals surface area contributed by atoms with Crippen molar-refractivity contribution in [2.45, 2.75) is 46.1 Å². The Balaban J connectivity index is 1.60. The van der Waals surface area contributed by atoms with E-state index in [1.165, 1.54) is 26.7 Å². The fraction of sp³-hybridized carbons (Fsp3) is 0.219. The Hall–Kier alpha value is -3.22. The number of benzene rings is 4. The second kappa shape index (κ2) is 7.89. The third kappa shape index (κ3) is 3.71. The molecule has 0 aliphatic carbocycles. The van der Waals surface area contributed by atoms with Crippen LogP contribution in [0, 0.1) is 6.85 Å². The van der Waals surface area contributed by atoms with Crippen LogP contribution in [0.5, 0.6) is 0 Å². The smallest absolute Gasteiger partial charge is 0.144 e. The van der Waals surface area contributed by atoms with Crippen LogP contribution in [0.1, 0.15) is 9.68 Å². The predicted octanol–water partition coefficient (Wildman–Crippen LogP) is 8.35. The molecule has 0 amide bonds. The maximum Gasteiger partial charge on any atom is 0.144 e. The maximum absolute atomic E-state index is 8.05. The largest absolute Gasteiger partial charge is 0.455 e. The van der Waals surface area contributed by atoms with E-state index in [2.05, 4.69) is 92.8 Å². The van der Waals surface area contributed by atoms with E-state index in [1.54, 1.807) is 6.20 Å². The summed E-state index contributed by atoms with van der Waals surface area (Å²) in [7, 11) is -3.42. The summed E-state index contributed by atoms with van der Waals surface area (Å²) in [5, 5.41) is 9.35. The second-order valence-corrected chi connectivity index (χ2v) is 22.1. The van der Waals surface area contributed by atoms with E-state index in [9.17, 15) is 0 Å². The molecule has 2 nitrogen and oxygen atoms in total. The summed E-state index contributed by atoms with van der Waals surface area (Å²) in [6.07, 6.45) is 1.55. The normalized spacial score (nSPS) is 14.4. The summed E-state index contributed by atoms with van der Waals surface area (Å²) in [5.41, 5.74) is 3.62. The summed E-state index contributed by atoms with van der Waals surface area (Å²) in [6.45, 7) is 11.5. The van der Waals surface area contributed by atoms with Crippen molar-refractivity contribution >= 4 is 70.0 Å². The van der Waals surface area contributed by atoms with Gasteiger partial charge in [-0.2, -0.15) is 0 Å². The van der Waals surface area contributed by atoms with Crippen molar-refractivity contribution in [3.05, 3.63) is 78.5 Å². The number of pyridine rings is 1. The number of para-hydroxylation sites is 1. The van der Waals surface area contributed by atoms with Crippen LogP contribution in [0.2, 0.25) is 39.3 Å². The minimum absolute atomic E-state index is 0.359. The molecule has 2 aromatic heterocycles. The molecule has 0 saturated carbocycles. The van der Waals surface area contributed by atoms with Crippen LogP contribution in [0.25, 0.3) is 54.7 Å². The molecule has 0 radical (unpaired) electrons. The zero-order valence-corrected chi connectivity index (χ0v) is 23.8. The van der Waals surface area contributed by atoms with E-state index >= 15 is 0 Å². The first-order valence-electron chi connectivity index (χ1n) is 14.1. The molecule has 4 aromatic carbocycles. The number of rotatable bonds is 3. The van der Waals surface area contributed by atoms with Crippen molar-refractivity contribution < 1.29 is 8.53 Å². The second-order valence-electron chi connectivity index (χ2n) is 12.0. The zero-order valence-electron chi connectivity index (χ0n) is 24.8. The van der Waals surface area contributed by atoms with Crippen molar-refractivity contribution in [3.63, 3.8) is 0 Å². The van der Waals surface area contributed by atoms with Crippen molar-refractivity contribution in [1.82, 2.24) is 4.98 Å². The van der Waals surface area contributed by atoms with E-state index in [0.29, 0.717) is 5.56 Å². The first kappa shape index (κ1) is 19.9. The van der Waals surface area contributed by atoms with Gasteiger partial charge < -0.3 is 4.42 Å². The molecule has 4 heteroatoms. The topological polar surface area (TPSA) is 26.0 Å². The Morgan fingerprint density at radius 1 is 0.722 bits per heavy atom. The Kier molecular flexibility index (Phi) is 4.36. The van der Waals surface area contributed by atoms with Crippen molar-refractivity contribution in [2.24, 2.45) is 0 Å². The van der Waals surface area contributed by atoms with Gasteiger partial charge in [0, 0.05) is 26.6 Å². The molecule has 0 aliphatic rings. The number of furan rings is 1. The van der Waals surface area contributed by atoms with Gasteiger partial charge in [-0.15, -0.1) is 0 Å². The third-order valence-electron chi connectivity index (χ3n) is 7.31. The van der Waals surface area contributed by atoms with Gasteiger partial charge >= 0.3 is 0 Å².